The number of ether oxygens (including phenoxy) is 1. The molecule has 3 aromatic rings. The van der Waals surface area contributed by atoms with Crippen LogP contribution in [0.4, 0.5) is 10.5 Å². The largest absolute Gasteiger partial charge is 0.495 e. The number of rotatable bonds is 7. The highest BCUT2D eigenvalue weighted by Gasteiger charge is 2.33. The summed E-state index contributed by atoms with van der Waals surface area (Å²) in [5, 5.41) is 18.8. The van der Waals surface area contributed by atoms with Crippen LogP contribution in [-0.4, -0.2) is 66.0 Å². The summed E-state index contributed by atoms with van der Waals surface area (Å²) in [5.74, 6) is 0.531. The van der Waals surface area contributed by atoms with E-state index in [1.165, 1.54) is 6.20 Å². The van der Waals surface area contributed by atoms with Crippen molar-refractivity contribution in [2.24, 2.45) is 0 Å². The summed E-state index contributed by atoms with van der Waals surface area (Å²) >= 11 is 0. The Labute approximate surface area is 209 Å². The molecule has 2 amide bonds. The number of methoxy groups -OCH3 is 1. The van der Waals surface area contributed by atoms with E-state index >= 15 is 0 Å². The number of urea groups is 1. The molecule has 0 radical (unpaired) electrons. The van der Waals surface area contributed by atoms with Crippen LogP contribution in [0.25, 0.3) is 0 Å². The Kier molecular flexibility index (Phi) is 7.52. The van der Waals surface area contributed by atoms with Gasteiger partial charge in [0.05, 0.1) is 37.4 Å². The predicted octanol–water partition coefficient (Wildman–Crippen LogP) is 2.15. The maximum absolute atomic E-state index is 12.8. The van der Waals surface area contributed by atoms with Crippen molar-refractivity contribution in [3.63, 3.8) is 0 Å². The second-order valence-corrected chi connectivity index (χ2v) is 10.5. The number of benzene rings is 1. The van der Waals surface area contributed by atoms with Gasteiger partial charge < -0.3 is 15.4 Å². The van der Waals surface area contributed by atoms with Gasteiger partial charge in [0.15, 0.2) is 0 Å². The van der Waals surface area contributed by atoms with Crippen molar-refractivity contribution in [1.82, 2.24) is 24.4 Å². The first-order valence-electron chi connectivity index (χ1n) is 11.3. The molecule has 0 saturated carbocycles. The van der Waals surface area contributed by atoms with Gasteiger partial charge in [-0.25, -0.2) is 13.2 Å². The number of nitriles is 1. The number of aromatic nitrogens is 3. The van der Waals surface area contributed by atoms with Crippen LogP contribution in [0.1, 0.15) is 29.2 Å². The molecule has 1 saturated heterocycles. The summed E-state index contributed by atoms with van der Waals surface area (Å²) in [5.41, 5.74) is 2.70. The maximum Gasteiger partial charge on any atom is 0.319 e. The van der Waals surface area contributed by atoms with E-state index in [1.54, 1.807) is 43.8 Å². The lowest BCUT2D eigenvalue weighted by Gasteiger charge is -2.38. The van der Waals surface area contributed by atoms with Crippen molar-refractivity contribution in [2.75, 3.05) is 31.8 Å². The molecule has 0 aliphatic carbocycles. The number of hydrogen-bond donors (Lipinski definition) is 2. The van der Waals surface area contributed by atoms with E-state index < -0.39 is 10.0 Å². The van der Waals surface area contributed by atoms with Gasteiger partial charge in [-0.05, 0) is 42.8 Å². The summed E-state index contributed by atoms with van der Waals surface area (Å²) in [4.78, 5) is 19.5. The highest BCUT2D eigenvalue weighted by molar-refractivity contribution is 7.89. The molecule has 1 aliphatic rings. The Morgan fingerprint density at radius 3 is 2.61 bits per heavy atom. The van der Waals surface area contributed by atoms with Crippen molar-refractivity contribution in [3.8, 4) is 11.8 Å². The molecule has 2 aromatic heterocycles. The molecule has 2 unspecified atom stereocenters. The monoisotopic (exact) mass is 509 g/mol. The lowest BCUT2D eigenvalue weighted by Crippen LogP contribution is -2.50. The Hall–Kier alpha value is -3.95. The number of hydrogen-bond acceptors (Lipinski definition) is 8. The zero-order valence-electron chi connectivity index (χ0n) is 20.0. The predicted molar refractivity (Wildman–Crippen MR) is 133 cm³/mol. The molecule has 2 N–H and O–H groups in total. The molecule has 11 nitrogen and oxygen atoms in total. The molecule has 12 heteroatoms. The van der Waals surface area contributed by atoms with Crippen LogP contribution in [0.3, 0.4) is 0 Å². The average molecular weight is 510 g/mol. The molecule has 1 aliphatic heterocycles. The standard InChI is InChI=1S/C24H27N7O4S/c1-35-20-7-8-22(26-13-20)21-16-30(14-18-12-27-31(15-18)36(2,33)34)10-9-23(21)29-24(32)28-19-5-3-17(11-25)4-6-19/h3-8,12-13,15,21,23H,9-10,14,16H2,1-2H3,(H2,28,29,32). The first kappa shape index (κ1) is 25.2. The highest BCUT2D eigenvalue weighted by atomic mass is 32.2. The average Bonchev–Trinajstić information content (AvgIpc) is 3.35. The van der Waals surface area contributed by atoms with E-state index in [9.17, 15) is 13.2 Å². The Morgan fingerprint density at radius 2 is 2.00 bits per heavy atom. The first-order valence-corrected chi connectivity index (χ1v) is 13.1. The molecule has 36 heavy (non-hydrogen) atoms. The van der Waals surface area contributed by atoms with E-state index in [2.05, 4.69) is 31.7 Å². The van der Waals surface area contributed by atoms with Gasteiger partial charge in [0.25, 0.3) is 10.0 Å². The Bertz CT molecular complexity index is 1350. The van der Waals surface area contributed by atoms with Crippen molar-refractivity contribution in [2.45, 2.75) is 24.9 Å². The molecular weight excluding hydrogens is 482 g/mol. The molecular formula is C24H27N7O4S. The summed E-state index contributed by atoms with van der Waals surface area (Å²) < 4.78 is 29.7. The van der Waals surface area contributed by atoms with Crippen LogP contribution >= 0.6 is 0 Å². The van der Waals surface area contributed by atoms with Crippen LogP contribution in [0.2, 0.25) is 0 Å². The molecule has 1 aromatic carbocycles. The van der Waals surface area contributed by atoms with Crippen molar-refractivity contribution in [3.05, 3.63) is 71.8 Å². The SMILES string of the molecule is COc1ccc(C2CN(Cc3cnn(S(C)(=O)=O)c3)CCC2NC(=O)Nc2ccc(C#N)cc2)nc1. The number of amides is 2. The lowest BCUT2D eigenvalue weighted by atomic mass is 9.88. The van der Waals surface area contributed by atoms with Crippen LogP contribution < -0.4 is 15.4 Å². The number of likely N-dealkylation sites (tertiary alicyclic amines) is 1. The molecule has 0 bridgehead atoms. The fourth-order valence-electron chi connectivity index (χ4n) is 4.19. The molecule has 3 heterocycles. The molecule has 2 atom stereocenters. The minimum absolute atomic E-state index is 0.110. The normalized spacial score (nSPS) is 18.2. The van der Waals surface area contributed by atoms with Crippen molar-refractivity contribution in [1.29, 1.82) is 5.26 Å². The first-order chi connectivity index (χ1) is 17.2. The molecule has 188 valence electrons. The number of nitrogens with one attached hydrogen (secondary N) is 2. The van der Waals surface area contributed by atoms with Gasteiger partial charge in [0.2, 0.25) is 0 Å². The molecule has 1 fully saturated rings. The van der Waals surface area contributed by atoms with Crippen LogP contribution in [0, 0.1) is 11.3 Å². The minimum atomic E-state index is -3.44. The summed E-state index contributed by atoms with van der Waals surface area (Å²) in [6, 6.07) is 11.9. The number of pyridine rings is 1. The van der Waals surface area contributed by atoms with Crippen LogP contribution in [0.5, 0.6) is 5.75 Å². The number of anilines is 1. The second kappa shape index (κ2) is 10.8. The minimum Gasteiger partial charge on any atom is -0.495 e. The van der Waals surface area contributed by atoms with Gasteiger partial charge in [-0.1, -0.05) is 0 Å². The van der Waals surface area contributed by atoms with Crippen LogP contribution in [0.15, 0.2) is 55.0 Å². The summed E-state index contributed by atoms with van der Waals surface area (Å²) in [6.45, 7) is 1.82. The van der Waals surface area contributed by atoms with Crippen LogP contribution in [-0.2, 0) is 16.6 Å². The van der Waals surface area contributed by atoms with E-state index in [1.807, 2.05) is 12.1 Å². The fourth-order valence-corrected chi connectivity index (χ4v) is 4.74. The van der Waals surface area contributed by atoms with Gasteiger partial charge in [-0.3, -0.25) is 9.88 Å². The van der Waals surface area contributed by atoms with E-state index in [4.69, 9.17) is 10.00 Å². The Morgan fingerprint density at radius 1 is 1.22 bits per heavy atom. The third-order valence-corrected chi connectivity index (χ3v) is 6.90. The quantitative estimate of drug-likeness (QED) is 0.493. The number of carbonyl (C=O) groups is 1. The van der Waals surface area contributed by atoms with Gasteiger partial charge in [-0.2, -0.15) is 14.4 Å². The third-order valence-electron chi connectivity index (χ3n) is 6.02. The van der Waals surface area contributed by atoms with Gasteiger partial charge in [0, 0.05) is 54.7 Å². The maximum atomic E-state index is 12.8. The van der Waals surface area contributed by atoms with E-state index in [0.29, 0.717) is 43.1 Å². The number of carbonyl (C=O) groups excluding carboxylic acids is 1. The molecule has 4 rings (SSSR count). The van der Waals surface area contributed by atoms with Gasteiger partial charge >= 0.3 is 6.03 Å². The third kappa shape index (κ3) is 6.18. The Balaban J connectivity index is 1.48. The van der Waals surface area contributed by atoms with Gasteiger partial charge in [-0.15, -0.1) is 0 Å². The van der Waals surface area contributed by atoms with Crippen molar-refractivity contribution >= 4 is 21.7 Å². The zero-order valence-corrected chi connectivity index (χ0v) is 20.8. The van der Waals surface area contributed by atoms with E-state index in [-0.39, 0.29) is 18.0 Å². The lowest BCUT2D eigenvalue weighted by molar-refractivity contribution is 0.167. The topological polar surface area (TPSA) is 142 Å². The zero-order chi connectivity index (χ0) is 25.7. The number of nitrogens with zero attached hydrogens (tertiary/aromatic N) is 5. The molecule has 0 spiro atoms. The van der Waals surface area contributed by atoms with E-state index in [0.717, 1.165) is 21.6 Å². The second-order valence-electron chi connectivity index (χ2n) is 8.63. The highest BCUT2D eigenvalue weighted by Crippen LogP contribution is 2.28. The summed E-state index contributed by atoms with van der Waals surface area (Å²) in [7, 11) is -1.86. The smallest absolute Gasteiger partial charge is 0.319 e. The van der Waals surface area contributed by atoms with Crippen molar-refractivity contribution < 1.29 is 17.9 Å². The van der Waals surface area contributed by atoms with Gasteiger partial charge in [0.1, 0.15) is 5.75 Å². The summed E-state index contributed by atoms with van der Waals surface area (Å²) in [6.07, 6.45) is 6.50. The number of piperidine rings is 1. The fraction of sp³-hybridized carbons (Fsp3) is 0.333.